The zero-order chi connectivity index (χ0) is 6.10. The molecule has 1 aromatic rings. The molecule has 0 bridgehead atoms. The van der Waals surface area contributed by atoms with Crippen LogP contribution in [0, 0.1) is 12.1 Å². The second-order valence-electron chi connectivity index (χ2n) is 2.46. The summed E-state index contributed by atoms with van der Waals surface area (Å²) in [5, 5.41) is 0. The number of hydrogen-bond donors (Lipinski definition) is 0. The molecule has 0 heterocycles. The highest BCUT2D eigenvalue weighted by molar-refractivity contribution is 5.28. The highest BCUT2D eigenvalue weighted by Crippen LogP contribution is 2.19. The molecule has 0 aliphatic heterocycles. The number of hydrogen-bond acceptors (Lipinski definition) is 0. The molecule has 9 heavy (non-hydrogen) atoms. The first-order valence-corrected chi connectivity index (χ1v) is 3.36. The Hall–Kier alpha value is -0.780. The van der Waals surface area contributed by atoms with Crippen LogP contribution in [-0.4, -0.2) is 0 Å². The van der Waals surface area contributed by atoms with Crippen molar-refractivity contribution >= 4 is 0 Å². The van der Waals surface area contributed by atoms with Crippen LogP contribution < -0.4 is 0 Å². The smallest absolute Gasteiger partial charge is 0.0140 e. The fourth-order valence-corrected chi connectivity index (χ4v) is 1.36. The van der Waals surface area contributed by atoms with Crippen LogP contribution in [0.25, 0.3) is 0 Å². The summed E-state index contributed by atoms with van der Waals surface area (Å²) < 4.78 is 0. The molecule has 0 aromatic heterocycles. The maximum Gasteiger partial charge on any atom is -0.0140 e. The van der Waals surface area contributed by atoms with Gasteiger partial charge in [0, 0.05) is 0 Å². The summed E-state index contributed by atoms with van der Waals surface area (Å²) >= 11 is 0. The molecule has 0 spiro atoms. The quantitative estimate of drug-likeness (QED) is 0.484. The minimum Gasteiger partial charge on any atom is -0.0508 e. The lowest BCUT2D eigenvalue weighted by Gasteiger charge is -1.91. The van der Waals surface area contributed by atoms with Crippen molar-refractivity contribution in [2.75, 3.05) is 0 Å². The van der Waals surface area contributed by atoms with Gasteiger partial charge in [-0.25, -0.2) is 0 Å². The van der Waals surface area contributed by atoms with E-state index in [2.05, 4.69) is 18.2 Å². The van der Waals surface area contributed by atoms with E-state index in [0.29, 0.717) is 0 Å². The highest BCUT2D eigenvalue weighted by Gasteiger charge is 2.07. The van der Waals surface area contributed by atoms with E-state index in [-0.39, 0.29) is 0 Å². The molecule has 0 unspecified atom stereocenters. The van der Waals surface area contributed by atoms with E-state index in [4.69, 9.17) is 0 Å². The summed E-state index contributed by atoms with van der Waals surface area (Å²) in [7, 11) is 0. The maximum atomic E-state index is 3.19. The van der Waals surface area contributed by atoms with Crippen LogP contribution in [0.4, 0.5) is 0 Å². The largest absolute Gasteiger partial charge is 0.0508 e. The third-order valence-corrected chi connectivity index (χ3v) is 1.85. The molecule has 0 saturated heterocycles. The lowest BCUT2D eigenvalue weighted by atomic mass is 10.1. The first-order valence-electron chi connectivity index (χ1n) is 3.36. The van der Waals surface area contributed by atoms with Gasteiger partial charge in [-0.15, -0.1) is 0 Å². The van der Waals surface area contributed by atoms with E-state index >= 15 is 0 Å². The number of aryl methyl sites for hydroxylation is 2. The fraction of sp³-hybridized carbons (Fsp3) is 0.333. The molecule has 1 aromatic carbocycles. The van der Waals surface area contributed by atoms with Gasteiger partial charge in [-0.1, -0.05) is 6.07 Å². The number of rotatable bonds is 0. The van der Waals surface area contributed by atoms with Crippen LogP contribution >= 0.6 is 0 Å². The molecule has 1 aliphatic carbocycles. The van der Waals surface area contributed by atoms with Crippen LogP contribution in [0.15, 0.2) is 12.1 Å². The summed E-state index contributed by atoms with van der Waals surface area (Å²) in [6, 6.07) is 10.2. The Morgan fingerprint density at radius 2 is 2.33 bits per heavy atom. The van der Waals surface area contributed by atoms with E-state index in [1.807, 2.05) is 6.07 Å². The summed E-state index contributed by atoms with van der Waals surface area (Å²) in [6.07, 6.45) is 3.77. The van der Waals surface area contributed by atoms with Gasteiger partial charge in [0.05, 0.1) is 0 Å². The summed E-state index contributed by atoms with van der Waals surface area (Å²) in [6.45, 7) is 0. The van der Waals surface area contributed by atoms with Gasteiger partial charge < -0.3 is 0 Å². The van der Waals surface area contributed by atoms with Crippen LogP contribution in [0.3, 0.4) is 0 Å². The van der Waals surface area contributed by atoms with Crippen molar-refractivity contribution in [3.05, 3.63) is 35.4 Å². The normalized spacial score (nSPS) is 15.6. The first kappa shape index (κ1) is 5.04. The predicted molar refractivity (Wildman–Crippen MR) is 36.1 cm³/mol. The molecule has 0 heteroatoms. The fourth-order valence-electron chi connectivity index (χ4n) is 1.36. The second kappa shape index (κ2) is 1.87. The van der Waals surface area contributed by atoms with Gasteiger partial charge in [0.2, 0.25) is 0 Å². The monoisotopic (exact) mass is 116 g/mol. The van der Waals surface area contributed by atoms with Gasteiger partial charge >= 0.3 is 0 Å². The maximum absolute atomic E-state index is 3.19. The van der Waals surface area contributed by atoms with Gasteiger partial charge in [0.25, 0.3) is 0 Å². The molecule has 0 fully saturated rings. The zero-order valence-corrected chi connectivity index (χ0v) is 5.28. The van der Waals surface area contributed by atoms with E-state index in [1.54, 1.807) is 0 Å². The molecule has 0 amide bonds. The van der Waals surface area contributed by atoms with Crippen molar-refractivity contribution in [1.82, 2.24) is 0 Å². The van der Waals surface area contributed by atoms with Crippen molar-refractivity contribution < 1.29 is 0 Å². The Kier molecular flexibility index (Phi) is 1.05. The van der Waals surface area contributed by atoms with Crippen LogP contribution in [0.5, 0.6) is 0 Å². The molecule has 2 radical (unpaired) electrons. The van der Waals surface area contributed by atoms with Gasteiger partial charge in [0.1, 0.15) is 0 Å². The van der Waals surface area contributed by atoms with Crippen molar-refractivity contribution in [2.24, 2.45) is 0 Å². The summed E-state index contributed by atoms with van der Waals surface area (Å²) in [5.74, 6) is 0. The first-order chi connectivity index (χ1) is 4.47. The minimum absolute atomic E-state index is 1.23. The average molecular weight is 116 g/mol. The third-order valence-electron chi connectivity index (χ3n) is 1.85. The molecular formula is C9H8. The Bertz CT molecular complexity index is 190. The molecule has 0 nitrogen and oxygen atoms in total. The standard InChI is InChI=1S/C9H8/c1-2-5-9-7-3-6-8(9)4-1/h1,5H,3,6-7H2. The molecule has 0 N–H and O–H groups in total. The molecule has 2 rings (SSSR count). The summed E-state index contributed by atoms with van der Waals surface area (Å²) in [4.78, 5) is 0. The predicted octanol–water partition coefficient (Wildman–Crippen LogP) is 1.78. The van der Waals surface area contributed by atoms with Gasteiger partial charge in [-0.3, -0.25) is 0 Å². The van der Waals surface area contributed by atoms with Crippen molar-refractivity contribution in [1.29, 1.82) is 0 Å². The van der Waals surface area contributed by atoms with E-state index in [9.17, 15) is 0 Å². The Labute approximate surface area is 55.5 Å². The van der Waals surface area contributed by atoms with Gasteiger partial charge in [-0.2, -0.15) is 0 Å². The Morgan fingerprint density at radius 3 is 3.22 bits per heavy atom. The number of benzene rings is 1. The molecule has 1 aliphatic rings. The van der Waals surface area contributed by atoms with E-state index in [1.165, 1.54) is 30.4 Å². The Balaban J connectivity index is 2.54. The van der Waals surface area contributed by atoms with E-state index in [0.717, 1.165) is 0 Å². The lowest BCUT2D eigenvalue weighted by Crippen LogP contribution is -1.78. The van der Waals surface area contributed by atoms with Gasteiger partial charge in [0.15, 0.2) is 0 Å². The zero-order valence-electron chi connectivity index (χ0n) is 5.28. The number of fused-ring (bicyclic) bond motifs is 1. The second-order valence-corrected chi connectivity index (χ2v) is 2.46. The van der Waals surface area contributed by atoms with Crippen molar-refractivity contribution in [3.8, 4) is 0 Å². The molecule has 0 atom stereocenters. The summed E-state index contributed by atoms with van der Waals surface area (Å²) in [5.41, 5.74) is 2.87. The molecule has 44 valence electrons. The van der Waals surface area contributed by atoms with Crippen LogP contribution in [0.2, 0.25) is 0 Å². The van der Waals surface area contributed by atoms with Crippen molar-refractivity contribution in [2.45, 2.75) is 19.3 Å². The Morgan fingerprint density at radius 1 is 1.33 bits per heavy atom. The minimum atomic E-state index is 1.23. The van der Waals surface area contributed by atoms with Crippen molar-refractivity contribution in [3.63, 3.8) is 0 Å². The molecular weight excluding hydrogens is 108 g/mol. The third kappa shape index (κ3) is 0.748. The van der Waals surface area contributed by atoms with Crippen LogP contribution in [-0.2, 0) is 12.8 Å². The lowest BCUT2D eigenvalue weighted by molar-refractivity contribution is 0.911. The SMILES string of the molecule is [c]1c[c]c2c(c1)CCC2. The van der Waals surface area contributed by atoms with Gasteiger partial charge in [-0.05, 0) is 48.6 Å². The average Bonchev–Trinajstić information content (AvgIpc) is 2.33. The molecule has 0 saturated carbocycles. The van der Waals surface area contributed by atoms with Crippen LogP contribution in [0.1, 0.15) is 17.5 Å². The highest BCUT2D eigenvalue weighted by atomic mass is 14.1. The topological polar surface area (TPSA) is 0 Å². The van der Waals surface area contributed by atoms with E-state index < -0.39 is 0 Å².